The summed E-state index contributed by atoms with van der Waals surface area (Å²) in [6, 6.07) is 12.4. The zero-order valence-electron chi connectivity index (χ0n) is 13.6. The Balaban J connectivity index is 2.18. The topological polar surface area (TPSA) is 74.1 Å². The summed E-state index contributed by atoms with van der Waals surface area (Å²) in [6.07, 6.45) is 1.35. The summed E-state index contributed by atoms with van der Waals surface area (Å²) in [5.41, 5.74) is 2.13. The Bertz CT molecular complexity index is 875. The fourth-order valence-corrected chi connectivity index (χ4v) is 2.78. The summed E-state index contributed by atoms with van der Waals surface area (Å²) in [5, 5.41) is 15.3. The van der Waals surface area contributed by atoms with Gasteiger partial charge < -0.3 is 15.4 Å². The third-order valence-electron chi connectivity index (χ3n) is 3.27. The molecule has 0 saturated carbocycles. The van der Waals surface area contributed by atoms with E-state index in [1.54, 1.807) is 18.2 Å². The number of methoxy groups -OCH3 is 1. The van der Waals surface area contributed by atoms with Gasteiger partial charge in [0.15, 0.2) is 0 Å². The van der Waals surface area contributed by atoms with Gasteiger partial charge in [0.2, 0.25) is 0 Å². The maximum absolute atomic E-state index is 12.3. The lowest BCUT2D eigenvalue weighted by Crippen LogP contribution is -2.15. The van der Waals surface area contributed by atoms with Crippen molar-refractivity contribution in [2.24, 2.45) is 0 Å². The summed E-state index contributed by atoms with van der Waals surface area (Å²) in [4.78, 5) is 12.3. The maximum Gasteiger partial charge on any atom is 0.267 e. The van der Waals surface area contributed by atoms with E-state index in [1.807, 2.05) is 31.2 Å². The van der Waals surface area contributed by atoms with Gasteiger partial charge in [-0.05, 0) is 58.7 Å². The minimum absolute atomic E-state index is 0.0884. The van der Waals surface area contributed by atoms with Crippen molar-refractivity contribution in [1.29, 1.82) is 5.26 Å². The number of rotatable bonds is 5. The van der Waals surface area contributed by atoms with Gasteiger partial charge in [0, 0.05) is 15.7 Å². The van der Waals surface area contributed by atoms with Gasteiger partial charge in [-0.3, -0.25) is 4.79 Å². The molecule has 0 saturated heterocycles. The molecule has 0 unspecified atom stereocenters. The van der Waals surface area contributed by atoms with E-state index in [2.05, 4.69) is 26.6 Å². The highest BCUT2D eigenvalue weighted by Crippen LogP contribution is 2.28. The number of carbonyl (C=O) groups excluding carboxylic acids is 1. The van der Waals surface area contributed by atoms with Gasteiger partial charge >= 0.3 is 0 Å². The molecule has 1 amide bonds. The zero-order chi connectivity index (χ0) is 18.4. The number of ether oxygens (including phenoxy) is 1. The number of amides is 1. The monoisotopic (exact) mass is 419 g/mol. The van der Waals surface area contributed by atoms with Crippen LogP contribution in [0.1, 0.15) is 5.56 Å². The van der Waals surface area contributed by atoms with Gasteiger partial charge in [-0.2, -0.15) is 5.26 Å². The van der Waals surface area contributed by atoms with Gasteiger partial charge in [0.25, 0.3) is 5.91 Å². The number of carbonyl (C=O) groups is 1. The van der Waals surface area contributed by atoms with Crippen LogP contribution in [0, 0.1) is 18.3 Å². The van der Waals surface area contributed by atoms with Crippen LogP contribution in [0.2, 0.25) is 5.02 Å². The van der Waals surface area contributed by atoms with Crippen LogP contribution in [0.25, 0.3) is 0 Å². The average Bonchev–Trinajstić information content (AvgIpc) is 2.57. The van der Waals surface area contributed by atoms with Crippen molar-refractivity contribution < 1.29 is 9.53 Å². The van der Waals surface area contributed by atoms with Gasteiger partial charge in [-0.15, -0.1) is 0 Å². The highest BCUT2D eigenvalue weighted by atomic mass is 79.9. The quantitative estimate of drug-likeness (QED) is 0.534. The number of hydrogen-bond donors (Lipinski definition) is 2. The molecule has 0 atom stereocenters. The van der Waals surface area contributed by atoms with E-state index in [9.17, 15) is 10.1 Å². The van der Waals surface area contributed by atoms with Crippen LogP contribution in [0.3, 0.4) is 0 Å². The molecular weight excluding hydrogens is 406 g/mol. The van der Waals surface area contributed by atoms with Gasteiger partial charge in [-0.1, -0.05) is 17.7 Å². The van der Waals surface area contributed by atoms with Gasteiger partial charge in [-0.25, -0.2) is 0 Å². The third-order valence-corrected chi connectivity index (χ3v) is 4.16. The van der Waals surface area contributed by atoms with Crippen molar-refractivity contribution >= 4 is 44.8 Å². The van der Waals surface area contributed by atoms with Crippen LogP contribution in [-0.4, -0.2) is 13.0 Å². The first-order chi connectivity index (χ1) is 11.9. The average molecular weight is 421 g/mol. The molecule has 128 valence electrons. The van der Waals surface area contributed by atoms with E-state index in [-0.39, 0.29) is 5.57 Å². The number of hydrogen-bond acceptors (Lipinski definition) is 4. The Morgan fingerprint density at radius 2 is 2.04 bits per heavy atom. The van der Waals surface area contributed by atoms with Crippen molar-refractivity contribution in [3.05, 3.63) is 63.2 Å². The molecule has 0 aromatic heterocycles. The van der Waals surface area contributed by atoms with Crippen molar-refractivity contribution in [2.75, 3.05) is 17.7 Å². The van der Waals surface area contributed by atoms with Gasteiger partial charge in [0.1, 0.15) is 17.4 Å². The molecule has 7 heteroatoms. The third kappa shape index (κ3) is 4.99. The number of halogens is 2. The molecule has 0 bridgehead atoms. The number of nitriles is 1. The molecule has 0 radical (unpaired) electrons. The van der Waals surface area contributed by atoms with Gasteiger partial charge in [0.05, 0.1) is 18.5 Å². The van der Waals surface area contributed by atoms with Crippen LogP contribution in [0.4, 0.5) is 11.4 Å². The summed E-state index contributed by atoms with van der Waals surface area (Å²) in [6.45, 7) is 1.97. The predicted octanol–water partition coefficient (Wildman–Crippen LogP) is 4.88. The number of nitrogens with zero attached hydrogens (tertiary/aromatic N) is 1. The van der Waals surface area contributed by atoms with E-state index >= 15 is 0 Å². The second kappa shape index (κ2) is 8.56. The lowest BCUT2D eigenvalue weighted by molar-refractivity contribution is -0.112. The zero-order valence-corrected chi connectivity index (χ0v) is 15.9. The standard InChI is InChI=1S/C18H15BrClN3O2/c1-11-3-5-15(14(19)7-11)22-10-12(9-21)18(24)23-16-8-13(20)4-6-17(16)25-2/h3-8,10,22H,1-2H3,(H,23,24)/b12-10-. The first-order valence-electron chi connectivity index (χ1n) is 7.22. The Hall–Kier alpha value is -2.49. The van der Waals surface area contributed by atoms with E-state index in [0.717, 1.165) is 15.7 Å². The molecule has 0 heterocycles. The molecule has 2 rings (SSSR count). The fourth-order valence-electron chi connectivity index (χ4n) is 2.00. The Labute approximate surface area is 159 Å². The summed E-state index contributed by atoms with van der Waals surface area (Å²) < 4.78 is 6.00. The number of nitrogens with one attached hydrogen (secondary N) is 2. The lowest BCUT2D eigenvalue weighted by atomic mass is 10.2. The fraction of sp³-hybridized carbons (Fsp3) is 0.111. The van der Waals surface area contributed by atoms with E-state index in [4.69, 9.17) is 16.3 Å². The second-order valence-corrected chi connectivity index (χ2v) is 6.39. The van der Waals surface area contributed by atoms with Crippen molar-refractivity contribution in [2.45, 2.75) is 6.92 Å². The molecule has 5 nitrogen and oxygen atoms in total. The highest BCUT2D eigenvalue weighted by molar-refractivity contribution is 9.10. The van der Waals surface area contributed by atoms with Crippen molar-refractivity contribution in [3.63, 3.8) is 0 Å². The molecule has 2 aromatic rings. The first kappa shape index (κ1) is 18.8. The maximum atomic E-state index is 12.3. The molecule has 0 aliphatic carbocycles. The molecule has 25 heavy (non-hydrogen) atoms. The second-order valence-electron chi connectivity index (χ2n) is 5.10. The molecule has 0 fully saturated rings. The minimum atomic E-state index is -0.571. The molecular formula is C18H15BrClN3O2. The smallest absolute Gasteiger partial charge is 0.267 e. The minimum Gasteiger partial charge on any atom is -0.495 e. The number of anilines is 2. The van der Waals surface area contributed by atoms with E-state index in [1.165, 1.54) is 13.3 Å². The normalized spacial score (nSPS) is 10.8. The van der Waals surface area contributed by atoms with Crippen molar-refractivity contribution in [3.8, 4) is 11.8 Å². The Kier molecular flexibility index (Phi) is 6.45. The predicted molar refractivity (Wildman–Crippen MR) is 103 cm³/mol. The van der Waals surface area contributed by atoms with Crippen LogP contribution in [0.5, 0.6) is 5.75 Å². The SMILES string of the molecule is COc1ccc(Cl)cc1NC(=O)/C(C#N)=C\Nc1ccc(C)cc1Br. The molecule has 2 aromatic carbocycles. The summed E-state index contributed by atoms with van der Waals surface area (Å²) in [7, 11) is 1.48. The van der Waals surface area contributed by atoms with Crippen LogP contribution < -0.4 is 15.4 Å². The lowest BCUT2D eigenvalue weighted by Gasteiger charge is -2.10. The Morgan fingerprint density at radius 1 is 1.28 bits per heavy atom. The Morgan fingerprint density at radius 3 is 2.68 bits per heavy atom. The summed E-state index contributed by atoms with van der Waals surface area (Å²) >= 11 is 9.37. The summed E-state index contributed by atoms with van der Waals surface area (Å²) in [5.74, 6) is -0.122. The molecule has 2 N–H and O–H groups in total. The number of benzene rings is 2. The first-order valence-corrected chi connectivity index (χ1v) is 8.39. The number of aryl methyl sites for hydroxylation is 1. The molecule has 0 aliphatic heterocycles. The molecule has 0 spiro atoms. The largest absolute Gasteiger partial charge is 0.495 e. The molecule has 0 aliphatic rings. The van der Waals surface area contributed by atoms with Crippen molar-refractivity contribution in [1.82, 2.24) is 0 Å². The van der Waals surface area contributed by atoms with E-state index < -0.39 is 5.91 Å². The van der Waals surface area contributed by atoms with Crippen LogP contribution in [0.15, 0.2) is 52.6 Å². The van der Waals surface area contributed by atoms with Crippen LogP contribution in [-0.2, 0) is 4.79 Å². The van der Waals surface area contributed by atoms with Crippen LogP contribution >= 0.6 is 27.5 Å². The highest BCUT2D eigenvalue weighted by Gasteiger charge is 2.13. The van der Waals surface area contributed by atoms with E-state index in [0.29, 0.717) is 16.5 Å².